The van der Waals surface area contributed by atoms with E-state index >= 15 is 0 Å². The van der Waals surface area contributed by atoms with E-state index in [0.29, 0.717) is 5.02 Å². The van der Waals surface area contributed by atoms with Gasteiger partial charge in [0, 0.05) is 24.8 Å². The molecular weight excluding hydrogens is 258 g/mol. The zero-order valence-electron chi connectivity index (χ0n) is 11.1. The fraction of sp³-hybridized carbons (Fsp3) is 0.200. The summed E-state index contributed by atoms with van der Waals surface area (Å²) in [6, 6.07) is 15.9. The van der Waals surface area contributed by atoms with Gasteiger partial charge < -0.3 is 4.90 Å². The van der Waals surface area contributed by atoms with Gasteiger partial charge in [-0.25, -0.2) is 5.43 Å². The minimum Gasteiger partial charge on any atom is -0.378 e. The Morgan fingerprint density at radius 3 is 2.21 bits per heavy atom. The maximum Gasteiger partial charge on any atom is 0.0724 e. The van der Waals surface area contributed by atoms with Gasteiger partial charge in [-0.1, -0.05) is 41.9 Å². The third kappa shape index (κ3) is 3.07. The van der Waals surface area contributed by atoms with Crippen LogP contribution >= 0.6 is 11.6 Å². The Labute approximate surface area is 119 Å². The average Bonchev–Trinajstić information content (AvgIpc) is 2.42. The molecule has 0 aliphatic rings. The summed E-state index contributed by atoms with van der Waals surface area (Å²) in [5, 5.41) is 0.710. The molecule has 0 amide bonds. The highest BCUT2D eigenvalue weighted by molar-refractivity contribution is 6.31. The quantitative estimate of drug-likeness (QED) is 0.666. The van der Waals surface area contributed by atoms with E-state index in [1.165, 1.54) is 0 Å². The van der Waals surface area contributed by atoms with Crippen LogP contribution in [0, 0.1) is 0 Å². The molecule has 2 aromatic rings. The molecule has 0 aliphatic carbocycles. The molecule has 2 rings (SSSR count). The molecule has 0 spiro atoms. The standard InChI is InChI=1S/C15H18ClN3/c1-19(2)12-9-7-11(8-10-12)15(18-17)13-5-3-4-6-14(13)16/h3-10,15,18H,17H2,1-2H3. The third-order valence-electron chi connectivity index (χ3n) is 3.13. The summed E-state index contributed by atoms with van der Waals surface area (Å²) in [4.78, 5) is 2.06. The number of nitrogens with two attached hydrogens (primary N) is 1. The normalized spacial score (nSPS) is 12.2. The molecule has 0 aromatic heterocycles. The van der Waals surface area contributed by atoms with Crippen molar-refractivity contribution < 1.29 is 0 Å². The second kappa shape index (κ2) is 6.06. The molecule has 100 valence electrons. The Hall–Kier alpha value is -1.55. The zero-order valence-corrected chi connectivity index (χ0v) is 11.9. The van der Waals surface area contributed by atoms with Crippen LogP contribution in [0.4, 0.5) is 5.69 Å². The molecule has 4 heteroatoms. The summed E-state index contributed by atoms with van der Waals surface area (Å²) in [5.74, 6) is 5.68. The molecule has 0 heterocycles. The number of halogens is 1. The number of hydrazine groups is 1. The molecule has 19 heavy (non-hydrogen) atoms. The molecule has 2 aromatic carbocycles. The van der Waals surface area contributed by atoms with Crippen LogP contribution in [0.25, 0.3) is 0 Å². The Morgan fingerprint density at radius 2 is 1.68 bits per heavy atom. The molecule has 0 radical (unpaired) electrons. The van der Waals surface area contributed by atoms with E-state index < -0.39 is 0 Å². The van der Waals surface area contributed by atoms with Crippen LogP contribution < -0.4 is 16.2 Å². The lowest BCUT2D eigenvalue weighted by atomic mass is 9.99. The maximum atomic E-state index is 6.23. The fourth-order valence-electron chi connectivity index (χ4n) is 2.04. The predicted molar refractivity (Wildman–Crippen MR) is 81.4 cm³/mol. The molecule has 3 N–H and O–H groups in total. The fourth-order valence-corrected chi connectivity index (χ4v) is 2.28. The highest BCUT2D eigenvalue weighted by Crippen LogP contribution is 2.28. The van der Waals surface area contributed by atoms with Gasteiger partial charge in [0.25, 0.3) is 0 Å². The summed E-state index contributed by atoms with van der Waals surface area (Å²) >= 11 is 6.23. The van der Waals surface area contributed by atoms with Crippen molar-refractivity contribution in [3.05, 3.63) is 64.7 Å². The van der Waals surface area contributed by atoms with E-state index in [0.717, 1.165) is 16.8 Å². The summed E-state index contributed by atoms with van der Waals surface area (Å²) < 4.78 is 0. The number of nitrogens with one attached hydrogen (secondary N) is 1. The van der Waals surface area contributed by atoms with Crippen LogP contribution in [0.2, 0.25) is 5.02 Å². The van der Waals surface area contributed by atoms with Crippen molar-refractivity contribution in [2.45, 2.75) is 6.04 Å². The van der Waals surface area contributed by atoms with Crippen molar-refractivity contribution >= 4 is 17.3 Å². The monoisotopic (exact) mass is 275 g/mol. The Kier molecular flexibility index (Phi) is 4.43. The highest BCUT2D eigenvalue weighted by Gasteiger charge is 2.15. The van der Waals surface area contributed by atoms with Crippen molar-refractivity contribution in [1.82, 2.24) is 5.43 Å². The Morgan fingerprint density at radius 1 is 1.05 bits per heavy atom. The van der Waals surface area contributed by atoms with E-state index in [1.807, 2.05) is 38.4 Å². The van der Waals surface area contributed by atoms with Crippen molar-refractivity contribution in [2.75, 3.05) is 19.0 Å². The van der Waals surface area contributed by atoms with Gasteiger partial charge in [-0.3, -0.25) is 5.84 Å². The smallest absolute Gasteiger partial charge is 0.0724 e. The number of rotatable bonds is 4. The topological polar surface area (TPSA) is 41.3 Å². The van der Waals surface area contributed by atoms with Crippen molar-refractivity contribution in [3.8, 4) is 0 Å². The minimum absolute atomic E-state index is 0.107. The van der Waals surface area contributed by atoms with E-state index in [1.54, 1.807) is 0 Å². The van der Waals surface area contributed by atoms with Gasteiger partial charge in [-0.15, -0.1) is 0 Å². The van der Waals surface area contributed by atoms with Crippen molar-refractivity contribution in [3.63, 3.8) is 0 Å². The first-order valence-electron chi connectivity index (χ1n) is 6.11. The number of benzene rings is 2. The van der Waals surface area contributed by atoms with Gasteiger partial charge in [0.2, 0.25) is 0 Å². The molecule has 3 nitrogen and oxygen atoms in total. The van der Waals surface area contributed by atoms with Crippen LogP contribution in [0.3, 0.4) is 0 Å². The van der Waals surface area contributed by atoms with Crippen LogP contribution in [-0.4, -0.2) is 14.1 Å². The van der Waals surface area contributed by atoms with Crippen LogP contribution in [-0.2, 0) is 0 Å². The van der Waals surface area contributed by atoms with Gasteiger partial charge >= 0.3 is 0 Å². The number of hydrogen-bond acceptors (Lipinski definition) is 3. The van der Waals surface area contributed by atoms with Gasteiger partial charge in [-0.2, -0.15) is 0 Å². The molecule has 0 saturated heterocycles. The summed E-state index contributed by atoms with van der Waals surface area (Å²) in [5.41, 5.74) is 6.04. The SMILES string of the molecule is CN(C)c1ccc(C(NN)c2ccccc2Cl)cc1. The van der Waals surface area contributed by atoms with Gasteiger partial charge in [0.1, 0.15) is 0 Å². The van der Waals surface area contributed by atoms with Crippen LogP contribution in [0.1, 0.15) is 17.2 Å². The molecule has 1 unspecified atom stereocenters. The predicted octanol–water partition coefficient (Wildman–Crippen LogP) is 2.96. The maximum absolute atomic E-state index is 6.23. The lowest BCUT2D eigenvalue weighted by molar-refractivity contribution is 0.637. The van der Waals surface area contributed by atoms with Crippen molar-refractivity contribution in [1.29, 1.82) is 0 Å². The first kappa shape index (κ1) is 13.9. The average molecular weight is 276 g/mol. The summed E-state index contributed by atoms with van der Waals surface area (Å²) in [6.07, 6.45) is 0. The van der Waals surface area contributed by atoms with E-state index in [2.05, 4.69) is 34.6 Å². The zero-order chi connectivity index (χ0) is 13.8. The molecule has 0 fully saturated rings. The van der Waals surface area contributed by atoms with Crippen LogP contribution in [0.5, 0.6) is 0 Å². The molecule has 0 aliphatic heterocycles. The largest absolute Gasteiger partial charge is 0.378 e. The second-order valence-corrected chi connectivity index (χ2v) is 5.01. The lowest BCUT2D eigenvalue weighted by Crippen LogP contribution is -2.29. The lowest BCUT2D eigenvalue weighted by Gasteiger charge is -2.19. The van der Waals surface area contributed by atoms with Crippen LogP contribution in [0.15, 0.2) is 48.5 Å². The Bertz CT molecular complexity index is 537. The third-order valence-corrected chi connectivity index (χ3v) is 3.47. The Balaban J connectivity index is 2.35. The molecule has 0 bridgehead atoms. The first-order chi connectivity index (χ1) is 9.13. The number of nitrogens with zero attached hydrogens (tertiary/aromatic N) is 1. The molecule has 0 saturated carbocycles. The number of hydrogen-bond donors (Lipinski definition) is 2. The van der Waals surface area contributed by atoms with E-state index in [4.69, 9.17) is 17.4 Å². The molecular formula is C15H18ClN3. The first-order valence-corrected chi connectivity index (χ1v) is 6.49. The summed E-state index contributed by atoms with van der Waals surface area (Å²) in [6.45, 7) is 0. The number of anilines is 1. The second-order valence-electron chi connectivity index (χ2n) is 4.61. The van der Waals surface area contributed by atoms with E-state index in [9.17, 15) is 0 Å². The van der Waals surface area contributed by atoms with Gasteiger partial charge in [-0.05, 0) is 29.3 Å². The van der Waals surface area contributed by atoms with E-state index in [-0.39, 0.29) is 6.04 Å². The summed E-state index contributed by atoms with van der Waals surface area (Å²) in [7, 11) is 4.03. The van der Waals surface area contributed by atoms with Crippen molar-refractivity contribution in [2.24, 2.45) is 5.84 Å². The highest BCUT2D eigenvalue weighted by atomic mass is 35.5. The minimum atomic E-state index is -0.107. The van der Waals surface area contributed by atoms with Gasteiger partial charge in [0.15, 0.2) is 0 Å². The van der Waals surface area contributed by atoms with Gasteiger partial charge in [0.05, 0.1) is 6.04 Å². The molecule has 1 atom stereocenters.